The van der Waals surface area contributed by atoms with E-state index in [0.717, 1.165) is 36.0 Å². The van der Waals surface area contributed by atoms with E-state index in [2.05, 4.69) is 46.2 Å². The van der Waals surface area contributed by atoms with Crippen LogP contribution in [-0.2, 0) is 0 Å². The minimum Gasteiger partial charge on any atom is -0.103 e. The first-order chi connectivity index (χ1) is 15.3. The van der Waals surface area contributed by atoms with Gasteiger partial charge in [-0.05, 0) is 49.2 Å². The third-order valence-electron chi connectivity index (χ3n) is 5.13. The fraction of sp³-hybridized carbons (Fsp3) is 0.133. The third-order valence-corrected chi connectivity index (χ3v) is 8.16. The fourth-order valence-electron chi connectivity index (χ4n) is 3.42. The summed E-state index contributed by atoms with van der Waals surface area (Å²) in [5.74, 6) is 17.0. The molecule has 0 N–H and O–H groups in total. The fourth-order valence-corrected chi connectivity index (χ4v) is 6.11. The molecule has 0 bridgehead atoms. The Morgan fingerprint density at radius 3 is 1.39 bits per heavy atom. The second-order valence-electron chi connectivity index (χ2n) is 7.42. The minimum atomic E-state index is -2.70. The number of rotatable bonds is 1. The summed E-state index contributed by atoms with van der Waals surface area (Å²) in [6, 6.07) is 30.3. The van der Waals surface area contributed by atoms with Crippen molar-refractivity contribution < 1.29 is 0 Å². The van der Waals surface area contributed by atoms with Gasteiger partial charge >= 0.3 is 8.07 Å². The highest BCUT2D eigenvalue weighted by Crippen LogP contribution is 2.29. The molecular formula is C30H22Si. The highest BCUT2D eigenvalue weighted by Gasteiger charge is 2.38. The Labute approximate surface area is 186 Å². The van der Waals surface area contributed by atoms with Crippen molar-refractivity contribution in [2.24, 2.45) is 0 Å². The summed E-state index contributed by atoms with van der Waals surface area (Å²) < 4.78 is 0. The molecule has 3 aromatic rings. The van der Waals surface area contributed by atoms with Crippen molar-refractivity contribution in [2.75, 3.05) is 0 Å². The lowest BCUT2D eigenvalue weighted by Gasteiger charge is -2.22. The lowest BCUT2D eigenvalue weighted by atomic mass is 10.1. The molecular weight excluding hydrogens is 388 g/mol. The van der Waals surface area contributed by atoms with Crippen LogP contribution in [0.25, 0.3) is 0 Å². The molecule has 0 saturated heterocycles. The van der Waals surface area contributed by atoms with Crippen molar-refractivity contribution in [3.05, 3.63) is 108 Å². The SMILES string of the molecule is C1#CC([Si](C#Cc2ccccc2)(C#Cc2ccccc2)C#Cc2ccccc2)CCC1. The van der Waals surface area contributed by atoms with Gasteiger partial charge in [-0.15, -0.1) is 5.92 Å². The lowest BCUT2D eigenvalue weighted by Crippen LogP contribution is -2.37. The highest BCUT2D eigenvalue weighted by molar-refractivity contribution is 7.02. The first-order valence-corrected chi connectivity index (χ1v) is 12.6. The summed E-state index contributed by atoms with van der Waals surface area (Å²) in [6.07, 6.45) is 3.04. The van der Waals surface area contributed by atoms with Crippen molar-refractivity contribution in [3.63, 3.8) is 0 Å². The molecule has 1 aliphatic carbocycles. The van der Waals surface area contributed by atoms with Crippen LogP contribution in [0.5, 0.6) is 0 Å². The summed E-state index contributed by atoms with van der Waals surface area (Å²) in [4.78, 5) is 0. The van der Waals surface area contributed by atoms with Crippen LogP contribution in [0.3, 0.4) is 0 Å². The predicted octanol–water partition coefficient (Wildman–Crippen LogP) is 5.77. The van der Waals surface area contributed by atoms with Gasteiger partial charge in [0.05, 0.1) is 0 Å². The van der Waals surface area contributed by atoms with E-state index in [-0.39, 0.29) is 5.54 Å². The molecule has 0 spiro atoms. The Hall–Kier alpha value is -3.88. The van der Waals surface area contributed by atoms with Crippen molar-refractivity contribution in [1.29, 1.82) is 0 Å². The van der Waals surface area contributed by atoms with Gasteiger partial charge in [-0.25, -0.2) is 0 Å². The zero-order valence-corrected chi connectivity index (χ0v) is 18.4. The van der Waals surface area contributed by atoms with Gasteiger partial charge in [0.2, 0.25) is 0 Å². The minimum absolute atomic E-state index is 0.130. The van der Waals surface area contributed by atoms with Gasteiger partial charge in [0, 0.05) is 28.7 Å². The Bertz CT molecular complexity index is 1120. The van der Waals surface area contributed by atoms with Gasteiger partial charge in [-0.1, -0.05) is 94.9 Å². The van der Waals surface area contributed by atoms with Crippen LogP contribution in [0.2, 0.25) is 5.54 Å². The smallest absolute Gasteiger partial charge is 0.103 e. The quantitative estimate of drug-likeness (QED) is 0.353. The predicted molar refractivity (Wildman–Crippen MR) is 131 cm³/mol. The molecule has 1 atom stereocenters. The zero-order chi connectivity index (χ0) is 21.2. The Morgan fingerprint density at radius 1 is 0.613 bits per heavy atom. The average molecular weight is 411 g/mol. The molecule has 4 rings (SSSR count). The molecule has 1 heteroatoms. The maximum Gasteiger partial charge on any atom is 0.306 e. The topological polar surface area (TPSA) is 0 Å². The van der Waals surface area contributed by atoms with Gasteiger partial charge in [0.1, 0.15) is 0 Å². The first-order valence-electron chi connectivity index (χ1n) is 10.6. The molecule has 1 aliphatic rings. The van der Waals surface area contributed by atoms with E-state index in [9.17, 15) is 0 Å². The molecule has 0 radical (unpaired) electrons. The van der Waals surface area contributed by atoms with E-state index in [4.69, 9.17) is 0 Å². The van der Waals surface area contributed by atoms with E-state index in [1.54, 1.807) is 0 Å². The van der Waals surface area contributed by atoms with E-state index in [1.807, 2.05) is 91.0 Å². The number of hydrogen-bond donors (Lipinski definition) is 0. The third kappa shape index (κ3) is 5.59. The van der Waals surface area contributed by atoms with Gasteiger partial charge < -0.3 is 0 Å². The Balaban J connectivity index is 1.87. The van der Waals surface area contributed by atoms with Crippen LogP contribution >= 0.6 is 0 Å². The van der Waals surface area contributed by atoms with Gasteiger partial charge in [-0.2, -0.15) is 0 Å². The molecule has 31 heavy (non-hydrogen) atoms. The monoisotopic (exact) mass is 410 g/mol. The van der Waals surface area contributed by atoms with Crippen LogP contribution < -0.4 is 0 Å². The zero-order valence-electron chi connectivity index (χ0n) is 17.4. The van der Waals surface area contributed by atoms with Crippen molar-refractivity contribution in [3.8, 4) is 46.2 Å². The van der Waals surface area contributed by atoms with Crippen LogP contribution in [0.4, 0.5) is 0 Å². The van der Waals surface area contributed by atoms with E-state index >= 15 is 0 Å². The van der Waals surface area contributed by atoms with Crippen LogP contribution in [-0.4, -0.2) is 8.07 Å². The lowest BCUT2D eigenvalue weighted by molar-refractivity contribution is 0.752. The molecule has 0 aromatic heterocycles. The van der Waals surface area contributed by atoms with Crippen molar-refractivity contribution in [2.45, 2.75) is 24.8 Å². The second kappa shape index (κ2) is 10.2. The number of benzene rings is 3. The maximum atomic E-state index is 3.60. The summed E-state index contributed by atoms with van der Waals surface area (Å²) in [5, 5.41) is 0. The maximum absolute atomic E-state index is 3.60. The molecule has 0 heterocycles. The first kappa shape index (κ1) is 20.4. The Kier molecular flexibility index (Phi) is 6.73. The van der Waals surface area contributed by atoms with E-state index in [1.165, 1.54) is 0 Å². The van der Waals surface area contributed by atoms with Crippen LogP contribution in [0.1, 0.15) is 36.0 Å². The van der Waals surface area contributed by atoms with Crippen LogP contribution in [0, 0.1) is 46.2 Å². The molecule has 0 amide bonds. The van der Waals surface area contributed by atoms with E-state index < -0.39 is 8.07 Å². The standard InChI is InChI=1S/C30H22Si/c1-5-13-27(14-6-1)21-24-31(30-19-11-4-12-20-30,25-22-28-15-7-2-8-16-28)26-23-29-17-9-3-10-18-29/h1-3,5-10,13-18,30H,4,11,19H2. The van der Waals surface area contributed by atoms with Crippen molar-refractivity contribution >= 4 is 8.07 Å². The second-order valence-corrected chi connectivity index (χ2v) is 10.5. The van der Waals surface area contributed by atoms with Gasteiger partial charge in [-0.3, -0.25) is 0 Å². The van der Waals surface area contributed by atoms with Crippen molar-refractivity contribution in [1.82, 2.24) is 0 Å². The van der Waals surface area contributed by atoms with E-state index in [0.29, 0.717) is 0 Å². The largest absolute Gasteiger partial charge is 0.306 e. The summed E-state index contributed by atoms with van der Waals surface area (Å²) in [7, 11) is -2.70. The number of hydrogen-bond acceptors (Lipinski definition) is 0. The molecule has 0 saturated carbocycles. The Morgan fingerprint density at radius 2 is 1.03 bits per heavy atom. The van der Waals surface area contributed by atoms with Gasteiger partial charge in [0.15, 0.2) is 0 Å². The molecule has 0 fully saturated rings. The summed E-state index contributed by atoms with van der Waals surface area (Å²) in [5.41, 5.74) is 13.9. The molecule has 1 unspecified atom stereocenters. The molecule has 3 aromatic carbocycles. The molecule has 0 nitrogen and oxygen atoms in total. The summed E-state index contributed by atoms with van der Waals surface area (Å²) >= 11 is 0. The van der Waals surface area contributed by atoms with Crippen LogP contribution in [0.15, 0.2) is 91.0 Å². The average Bonchev–Trinajstić information content (AvgIpc) is 2.86. The van der Waals surface area contributed by atoms with Gasteiger partial charge in [0.25, 0.3) is 0 Å². The highest BCUT2D eigenvalue weighted by atomic mass is 28.3. The normalized spacial score (nSPS) is 14.3. The molecule has 0 aliphatic heterocycles. The summed E-state index contributed by atoms with van der Waals surface area (Å²) in [6.45, 7) is 0. The molecule has 146 valence electrons.